The van der Waals surface area contributed by atoms with E-state index in [9.17, 15) is 18.8 Å². The van der Waals surface area contributed by atoms with E-state index in [-0.39, 0.29) is 22.0 Å². The van der Waals surface area contributed by atoms with Crippen LogP contribution in [0.5, 0.6) is 0 Å². The number of hydrogen-bond acceptors (Lipinski definition) is 4. The highest BCUT2D eigenvalue weighted by Crippen LogP contribution is 2.21. The molecule has 0 unspecified atom stereocenters. The maximum absolute atomic E-state index is 13.1. The van der Waals surface area contributed by atoms with Crippen molar-refractivity contribution in [3.8, 4) is 5.69 Å². The summed E-state index contributed by atoms with van der Waals surface area (Å²) in [5, 5.41) is 5.02. The van der Waals surface area contributed by atoms with Crippen LogP contribution in [0.1, 0.15) is 31.3 Å². The predicted molar refractivity (Wildman–Crippen MR) is 105 cm³/mol. The average molecular weight is 416 g/mol. The molecule has 0 atom stereocenters. The molecule has 4 N–H and O–H groups in total. The van der Waals surface area contributed by atoms with Crippen molar-refractivity contribution in [2.45, 2.75) is 0 Å². The standard InChI is InChI=1S/C19H15ClFN5O3/c1-23-19(29)15-16(17(22)27)26(9-24-15)12-5-3-11(4-6-12)25-18(28)13-7-2-10(21)8-14(13)20/h2-9H,1H3,(H2,22,27)(H,23,29)(H,25,28). The average Bonchev–Trinajstić information content (AvgIpc) is 3.13. The third-order valence-corrected chi connectivity index (χ3v) is 4.33. The summed E-state index contributed by atoms with van der Waals surface area (Å²) < 4.78 is 14.5. The molecule has 0 aliphatic carbocycles. The second kappa shape index (κ2) is 8.11. The Bertz CT molecular complexity index is 1110. The fourth-order valence-electron chi connectivity index (χ4n) is 2.64. The number of amides is 3. The highest BCUT2D eigenvalue weighted by molar-refractivity contribution is 6.34. The number of aromatic nitrogens is 2. The summed E-state index contributed by atoms with van der Waals surface area (Å²) in [5.74, 6) is -2.41. The van der Waals surface area contributed by atoms with Gasteiger partial charge in [0.1, 0.15) is 17.8 Å². The lowest BCUT2D eigenvalue weighted by atomic mass is 10.2. The summed E-state index contributed by atoms with van der Waals surface area (Å²) in [6, 6.07) is 9.83. The zero-order valence-corrected chi connectivity index (χ0v) is 15.8. The Labute approximate surface area is 169 Å². The van der Waals surface area contributed by atoms with Gasteiger partial charge in [-0.3, -0.25) is 19.0 Å². The van der Waals surface area contributed by atoms with Crippen molar-refractivity contribution >= 4 is 35.0 Å². The number of halogens is 2. The minimum absolute atomic E-state index is 0.00892. The Balaban J connectivity index is 1.86. The maximum atomic E-state index is 13.1. The number of anilines is 1. The van der Waals surface area contributed by atoms with E-state index in [4.69, 9.17) is 17.3 Å². The Kier molecular flexibility index (Phi) is 5.60. The number of carbonyl (C=O) groups is 3. The van der Waals surface area contributed by atoms with Gasteiger partial charge in [-0.2, -0.15) is 0 Å². The number of nitrogens with zero attached hydrogens (tertiary/aromatic N) is 2. The van der Waals surface area contributed by atoms with Crippen LogP contribution in [-0.2, 0) is 0 Å². The topological polar surface area (TPSA) is 119 Å². The Hall–Kier alpha value is -3.72. The molecule has 3 aromatic rings. The van der Waals surface area contributed by atoms with E-state index in [1.54, 1.807) is 24.3 Å². The number of hydrogen-bond donors (Lipinski definition) is 3. The molecule has 3 amide bonds. The second-order valence-electron chi connectivity index (χ2n) is 5.88. The first-order valence-electron chi connectivity index (χ1n) is 8.28. The van der Waals surface area contributed by atoms with Crippen LogP contribution >= 0.6 is 11.6 Å². The summed E-state index contributed by atoms with van der Waals surface area (Å²) in [6.45, 7) is 0. The van der Waals surface area contributed by atoms with Crippen molar-refractivity contribution in [2.75, 3.05) is 12.4 Å². The summed E-state index contributed by atoms with van der Waals surface area (Å²) in [5.41, 5.74) is 6.29. The molecule has 0 aliphatic heterocycles. The molecule has 29 heavy (non-hydrogen) atoms. The lowest BCUT2D eigenvalue weighted by Crippen LogP contribution is -2.25. The van der Waals surface area contributed by atoms with Crippen LogP contribution in [0.4, 0.5) is 10.1 Å². The number of nitrogens with two attached hydrogens (primary N) is 1. The van der Waals surface area contributed by atoms with E-state index in [1.807, 2.05) is 0 Å². The smallest absolute Gasteiger partial charge is 0.272 e. The maximum Gasteiger partial charge on any atom is 0.272 e. The van der Waals surface area contributed by atoms with Gasteiger partial charge in [-0.1, -0.05) is 11.6 Å². The van der Waals surface area contributed by atoms with Gasteiger partial charge < -0.3 is 16.4 Å². The number of rotatable bonds is 5. The van der Waals surface area contributed by atoms with E-state index < -0.39 is 23.5 Å². The van der Waals surface area contributed by atoms with Crippen LogP contribution in [0.25, 0.3) is 5.69 Å². The minimum atomic E-state index is -0.815. The fraction of sp³-hybridized carbons (Fsp3) is 0.0526. The van der Waals surface area contributed by atoms with Crippen molar-refractivity contribution in [1.29, 1.82) is 0 Å². The number of primary amides is 1. The van der Waals surface area contributed by atoms with Crippen LogP contribution in [0.15, 0.2) is 48.8 Å². The van der Waals surface area contributed by atoms with Crippen LogP contribution in [0.3, 0.4) is 0 Å². The first kappa shape index (κ1) is 20.0. The molecule has 8 nitrogen and oxygen atoms in total. The molecule has 0 aliphatic rings. The highest BCUT2D eigenvalue weighted by Gasteiger charge is 2.22. The first-order valence-corrected chi connectivity index (χ1v) is 8.65. The molecule has 0 saturated carbocycles. The van der Waals surface area contributed by atoms with Gasteiger partial charge in [0.05, 0.1) is 10.6 Å². The number of carbonyl (C=O) groups excluding carboxylic acids is 3. The summed E-state index contributed by atoms with van der Waals surface area (Å²) in [7, 11) is 1.41. The molecule has 0 saturated heterocycles. The van der Waals surface area contributed by atoms with Gasteiger partial charge in [-0.05, 0) is 42.5 Å². The van der Waals surface area contributed by atoms with Crippen LogP contribution in [0.2, 0.25) is 5.02 Å². The Morgan fingerprint density at radius 2 is 1.79 bits per heavy atom. The monoisotopic (exact) mass is 415 g/mol. The van der Waals surface area contributed by atoms with Crippen LogP contribution < -0.4 is 16.4 Å². The fourth-order valence-corrected chi connectivity index (χ4v) is 2.89. The van der Waals surface area contributed by atoms with E-state index in [2.05, 4.69) is 15.6 Å². The van der Waals surface area contributed by atoms with Gasteiger partial charge >= 0.3 is 0 Å². The zero-order chi connectivity index (χ0) is 21.1. The molecule has 10 heteroatoms. The predicted octanol–water partition coefficient (Wildman–Crippen LogP) is 2.38. The first-order chi connectivity index (χ1) is 13.8. The Morgan fingerprint density at radius 1 is 1.10 bits per heavy atom. The third kappa shape index (κ3) is 4.09. The molecule has 148 valence electrons. The molecule has 0 radical (unpaired) electrons. The molecular weight excluding hydrogens is 401 g/mol. The summed E-state index contributed by atoms with van der Waals surface area (Å²) >= 11 is 5.90. The van der Waals surface area contributed by atoms with Crippen molar-refractivity contribution in [1.82, 2.24) is 14.9 Å². The molecular formula is C19H15ClFN5O3. The lowest BCUT2D eigenvalue weighted by molar-refractivity contribution is 0.0937. The molecule has 0 spiro atoms. The van der Waals surface area contributed by atoms with Gasteiger partial charge in [0, 0.05) is 18.4 Å². The van der Waals surface area contributed by atoms with E-state index in [0.717, 1.165) is 12.1 Å². The van der Waals surface area contributed by atoms with Gasteiger partial charge in [0.2, 0.25) is 0 Å². The van der Waals surface area contributed by atoms with Crippen molar-refractivity contribution < 1.29 is 18.8 Å². The summed E-state index contributed by atoms with van der Waals surface area (Å²) in [6.07, 6.45) is 1.30. The second-order valence-corrected chi connectivity index (χ2v) is 6.29. The minimum Gasteiger partial charge on any atom is -0.364 e. The van der Waals surface area contributed by atoms with Crippen molar-refractivity contribution in [3.05, 3.63) is 76.6 Å². The quantitative estimate of drug-likeness (QED) is 0.592. The number of nitrogens with one attached hydrogen (secondary N) is 2. The van der Waals surface area contributed by atoms with Crippen LogP contribution in [-0.4, -0.2) is 34.3 Å². The highest BCUT2D eigenvalue weighted by atomic mass is 35.5. The van der Waals surface area contributed by atoms with E-state index >= 15 is 0 Å². The van der Waals surface area contributed by atoms with E-state index in [0.29, 0.717) is 11.4 Å². The molecule has 3 rings (SSSR count). The van der Waals surface area contributed by atoms with Gasteiger partial charge in [-0.15, -0.1) is 0 Å². The van der Waals surface area contributed by atoms with Crippen LogP contribution in [0, 0.1) is 5.82 Å². The van der Waals surface area contributed by atoms with Gasteiger partial charge in [0.15, 0.2) is 5.69 Å². The van der Waals surface area contributed by atoms with Gasteiger partial charge in [-0.25, -0.2) is 9.37 Å². The molecule has 1 heterocycles. The van der Waals surface area contributed by atoms with E-state index in [1.165, 1.54) is 24.0 Å². The molecule has 0 bridgehead atoms. The lowest BCUT2D eigenvalue weighted by Gasteiger charge is -2.10. The van der Waals surface area contributed by atoms with Crippen molar-refractivity contribution in [2.24, 2.45) is 5.73 Å². The largest absolute Gasteiger partial charge is 0.364 e. The van der Waals surface area contributed by atoms with Crippen molar-refractivity contribution in [3.63, 3.8) is 0 Å². The molecule has 0 fully saturated rings. The zero-order valence-electron chi connectivity index (χ0n) is 15.1. The molecule has 1 aromatic heterocycles. The third-order valence-electron chi connectivity index (χ3n) is 4.02. The summed E-state index contributed by atoms with van der Waals surface area (Å²) in [4.78, 5) is 39.9. The Morgan fingerprint density at radius 3 is 2.38 bits per heavy atom. The normalized spacial score (nSPS) is 10.4. The van der Waals surface area contributed by atoms with Gasteiger partial charge in [0.25, 0.3) is 17.7 Å². The SMILES string of the molecule is CNC(=O)c1ncn(-c2ccc(NC(=O)c3ccc(F)cc3Cl)cc2)c1C(N)=O. The number of benzene rings is 2. The number of imidazole rings is 1. The molecule has 2 aromatic carbocycles.